The Morgan fingerprint density at radius 3 is 2.21 bits per heavy atom. The maximum absolute atomic E-state index is 12.3. The number of amides is 1. The number of carbonyl (C=O) groups is 1. The largest absolute Gasteiger partial charge is 0.435 e. The molecule has 2 aromatic carbocycles. The van der Waals surface area contributed by atoms with Crippen molar-refractivity contribution in [3.05, 3.63) is 65.2 Å². The average molecular weight is 456 g/mol. The van der Waals surface area contributed by atoms with E-state index < -0.39 is 12.7 Å². The molecule has 2 aromatic rings. The molecule has 3 unspecified atom stereocenters. The Bertz CT molecular complexity index is 980. The third kappa shape index (κ3) is 6.05. The molecule has 2 saturated heterocycles. The lowest BCUT2D eigenvalue weighted by Gasteiger charge is -2.47. The molecule has 0 aromatic heterocycles. The summed E-state index contributed by atoms with van der Waals surface area (Å²) < 4.78 is 35.2. The second kappa shape index (κ2) is 10.3. The van der Waals surface area contributed by atoms with Crippen molar-refractivity contribution >= 4 is 5.91 Å². The van der Waals surface area contributed by atoms with Gasteiger partial charge in [-0.25, -0.2) is 0 Å². The molecule has 0 radical (unpaired) electrons. The SMILES string of the molecule is N#Cc1ccc(CC(C(N)=O)N2CC3CN(Cc4ccc(OC(F)F)cc4)CC(C2)O3)cc1. The molecule has 3 atom stereocenters. The summed E-state index contributed by atoms with van der Waals surface area (Å²) >= 11 is 0. The normalized spacial score (nSPS) is 22.0. The highest BCUT2D eigenvalue weighted by molar-refractivity contribution is 5.80. The first-order chi connectivity index (χ1) is 15.9. The maximum atomic E-state index is 12.3. The molecule has 1 amide bonds. The van der Waals surface area contributed by atoms with Crippen LogP contribution in [0.2, 0.25) is 0 Å². The molecule has 2 heterocycles. The molecule has 7 nitrogen and oxygen atoms in total. The molecule has 9 heteroatoms. The lowest BCUT2D eigenvalue weighted by atomic mass is 9.99. The summed E-state index contributed by atoms with van der Waals surface area (Å²) in [5.74, 6) is -0.231. The number of nitrogens with two attached hydrogens (primary N) is 1. The minimum absolute atomic E-state index is 0.0539. The molecule has 33 heavy (non-hydrogen) atoms. The summed E-state index contributed by atoms with van der Waals surface area (Å²) in [6, 6.07) is 15.5. The molecule has 0 saturated carbocycles. The van der Waals surface area contributed by atoms with Gasteiger partial charge in [0.25, 0.3) is 0 Å². The number of primary amides is 1. The van der Waals surface area contributed by atoms with Crippen LogP contribution in [-0.4, -0.2) is 66.7 Å². The zero-order valence-electron chi connectivity index (χ0n) is 18.1. The average Bonchev–Trinajstić information content (AvgIpc) is 2.78. The van der Waals surface area contributed by atoms with E-state index in [1.807, 2.05) is 12.1 Å². The van der Waals surface area contributed by atoms with E-state index in [0.29, 0.717) is 44.7 Å². The first kappa shape index (κ1) is 23.1. The molecule has 0 spiro atoms. The molecule has 174 valence electrons. The van der Waals surface area contributed by atoms with E-state index in [1.54, 1.807) is 36.4 Å². The zero-order chi connectivity index (χ0) is 23.4. The van der Waals surface area contributed by atoms with Crippen molar-refractivity contribution < 1.29 is 23.0 Å². The summed E-state index contributed by atoms with van der Waals surface area (Å²) in [6.45, 7) is 0.430. The van der Waals surface area contributed by atoms with Gasteiger partial charge in [0.2, 0.25) is 5.91 Å². The summed E-state index contributed by atoms with van der Waals surface area (Å²) in [5, 5.41) is 8.97. The van der Waals surface area contributed by atoms with E-state index >= 15 is 0 Å². The Morgan fingerprint density at radius 1 is 1.06 bits per heavy atom. The number of fused-ring (bicyclic) bond motifs is 2. The van der Waals surface area contributed by atoms with Crippen LogP contribution in [0.4, 0.5) is 8.78 Å². The van der Waals surface area contributed by atoms with Crippen LogP contribution in [0.3, 0.4) is 0 Å². The topological polar surface area (TPSA) is 91.8 Å². The zero-order valence-corrected chi connectivity index (χ0v) is 18.1. The van der Waals surface area contributed by atoms with Crippen molar-refractivity contribution in [2.75, 3.05) is 26.2 Å². The Kier molecular flexibility index (Phi) is 7.18. The third-order valence-electron chi connectivity index (χ3n) is 6.02. The van der Waals surface area contributed by atoms with Gasteiger partial charge in [0, 0.05) is 32.7 Å². The van der Waals surface area contributed by atoms with Crippen LogP contribution in [0, 0.1) is 11.3 Å². The van der Waals surface area contributed by atoms with E-state index in [2.05, 4.69) is 20.6 Å². The van der Waals surface area contributed by atoms with E-state index in [9.17, 15) is 13.6 Å². The van der Waals surface area contributed by atoms with Crippen LogP contribution >= 0.6 is 0 Å². The molecule has 2 N–H and O–H groups in total. The number of ether oxygens (including phenoxy) is 2. The van der Waals surface area contributed by atoms with Gasteiger partial charge >= 0.3 is 6.61 Å². The molecule has 2 fully saturated rings. The molecule has 2 aliphatic rings. The van der Waals surface area contributed by atoms with Crippen molar-refractivity contribution in [1.29, 1.82) is 5.26 Å². The van der Waals surface area contributed by atoms with Crippen LogP contribution in [0.15, 0.2) is 48.5 Å². The number of carbonyl (C=O) groups excluding carboxylic acids is 1. The predicted molar refractivity (Wildman–Crippen MR) is 116 cm³/mol. The fourth-order valence-electron chi connectivity index (χ4n) is 4.57. The summed E-state index contributed by atoms with van der Waals surface area (Å²) in [4.78, 5) is 16.6. The van der Waals surface area contributed by atoms with Gasteiger partial charge in [-0.3, -0.25) is 14.6 Å². The maximum Gasteiger partial charge on any atom is 0.387 e. The molecule has 4 rings (SSSR count). The van der Waals surface area contributed by atoms with Crippen molar-refractivity contribution in [3.8, 4) is 11.8 Å². The smallest absolute Gasteiger partial charge is 0.387 e. The van der Waals surface area contributed by atoms with Gasteiger partial charge in [0.1, 0.15) is 5.75 Å². The second-order valence-electron chi connectivity index (χ2n) is 8.48. The van der Waals surface area contributed by atoms with Crippen molar-refractivity contribution in [1.82, 2.24) is 9.80 Å². The van der Waals surface area contributed by atoms with Gasteiger partial charge in [-0.15, -0.1) is 0 Å². The Balaban J connectivity index is 1.35. The first-order valence-electron chi connectivity index (χ1n) is 10.8. The van der Waals surface area contributed by atoms with Crippen LogP contribution in [0.1, 0.15) is 16.7 Å². The number of hydrogen-bond acceptors (Lipinski definition) is 6. The highest BCUT2D eigenvalue weighted by atomic mass is 19.3. The van der Waals surface area contributed by atoms with Crippen molar-refractivity contribution in [2.24, 2.45) is 5.73 Å². The number of rotatable bonds is 8. The van der Waals surface area contributed by atoms with E-state index in [1.165, 1.54) is 0 Å². The highest BCUT2D eigenvalue weighted by Crippen LogP contribution is 2.24. The van der Waals surface area contributed by atoms with Crippen LogP contribution in [-0.2, 0) is 22.5 Å². The minimum atomic E-state index is -2.83. The van der Waals surface area contributed by atoms with Gasteiger partial charge in [-0.05, 0) is 41.8 Å². The number of halogens is 2. The monoisotopic (exact) mass is 456 g/mol. The van der Waals surface area contributed by atoms with Gasteiger partial charge in [-0.1, -0.05) is 24.3 Å². The van der Waals surface area contributed by atoms with E-state index in [4.69, 9.17) is 15.7 Å². The van der Waals surface area contributed by atoms with Crippen LogP contribution in [0.25, 0.3) is 0 Å². The number of nitrogens with zero attached hydrogens (tertiary/aromatic N) is 3. The number of hydrogen-bond donors (Lipinski definition) is 1. The van der Waals surface area contributed by atoms with Crippen molar-refractivity contribution in [2.45, 2.75) is 37.8 Å². The predicted octanol–water partition coefficient (Wildman–Crippen LogP) is 2.14. The Labute approximate surface area is 191 Å². The fourth-order valence-corrected chi connectivity index (χ4v) is 4.57. The molecular formula is C24H26F2N4O3. The Hall–Kier alpha value is -3.06. The third-order valence-corrected chi connectivity index (χ3v) is 6.02. The molecular weight excluding hydrogens is 430 g/mol. The van der Waals surface area contributed by atoms with Gasteiger partial charge < -0.3 is 15.2 Å². The molecule has 2 bridgehead atoms. The Morgan fingerprint density at radius 2 is 1.67 bits per heavy atom. The minimum Gasteiger partial charge on any atom is -0.435 e. The number of morpholine rings is 2. The summed E-state index contributed by atoms with van der Waals surface area (Å²) in [6.07, 6.45) is 0.376. The van der Waals surface area contributed by atoms with Gasteiger partial charge in [0.05, 0.1) is 29.9 Å². The lowest BCUT2D eigenvalue weighted by molar-refractivity contribution is -0.153. The van der Waals surface area contributed by atoms with Crippen LogP contribution < -0.4 is 10.5 Å². The number of benzene rings is 2. The van der Waals surface area contributed by atoms with E-state index in [0.717, 1.165) is 11.1 Å². The van der Waals surface area contributed by atoms with Crippen LogP contribution in [0.5, 0.6) is 5.75 Å². The van der Waals surface area contributed by atoms with Crippen molar-refractivity contribution in [3.63, 3.8) is 0 Å². The second-order valence-corrected chi connectivity index (χ2v) is 8.48. The first-order valence-corrected chi connectivity index (χ1v) is 10.8. The lowest BCUT2D eigenvalue weighted by Crippen LogP contribution is -2.63. The molecule has 0 aliphatic carbocycles. The number of alkyl halides is 2. The van der Waals surface area contributed by atoms with E-state index in [-0.39, 0.29) is 23.9 Å². The fraction of sp³-hybridized carbons (Fsp3) is 0.417. The van der Waals surface area contributed by atoms with Gasteiger partial charge in [0.15, 0.2) is 0 Å². The summed E-state index contributed by atoms with van der Waals surface area (Å²) in [7, 11) is 0. The number of nitriles is 1. The quantitative estimate of drug-likeness (QED) is 0.655. The highest BCUT2D eigenvalue weighted by Gasteiger charge is 2.38. The summed E-state index contributed by atoms with van der Waals surface area (Å²) in [5.41, 5.74) is 8.29. The van der Waals surface area contributed by atoms with Gasteiger partial charge in [-0.2, -0.15) is 14.0 Å². The molecule has 2 aliphatic heterocycles. The standard InChI is InChI=1S/C24H26F2N4O3/c25-24(26)33-19-7-5-18(6-8-19)11-29-12-20-14-30(15-21(13-29)32-20)22(23(28)31)9-16-1-3-17(10-27)4-2-16/h1-8,20-22,24H,9,11-15H2,(H2,28,31).